The van der Waals surface area contributed by atoms with Crippen molar-refractivity contribution in [1.82, 2.24) is 0 Å². The van der Waals surface area contributed by atoms with E-state index in [1.54, 1.807) is 5.38 Å². The van der Waals surface area contributed by atoms with E-state index in [1.165, 1.54) is 18.4 Å². The number of aryl methyl sites for hydroxylation is 1. The molecule has 2 N–H and O–H groups in total. The number of nitrogens with zero attached hydrogens (tertiary/aromatic N) is 1. The number of hydrogen-bond donors (Lipinski definition) is 2. The molecule has 0 saturated carbocycles. The van der Waals surface area contributed by atoms with E-state index in [1.807, 2.05) is 6.07 Å². The number of carboxylic acid groups (broad SMARTS) is 1. The predicted molar refractivity (Wildman–Crippen MR) is 75.9 cm³/mol. The fourth-order valence-corrected chi connectivity index (χ4v) is 5.27. The molecule has 0 aliphatic rings. The van der Waals surface area contributed by atoms with Crippen LogP contribution in [0.1, 0.15) is 20.8 Å². The zero-order chi connectivity index (χ0) is 14.9. The van der Waals surface area contributed by atoms with E-state index in [9.17, 15) is 13.2 Å². The summed E-state index contributed by atoms with van der Waals surface area (Å²) in [7, 11) is -4.04. The van der Waals surface area contributed by atoms with Crippen LogP contribution in [0.2, 0.25) is 0 Å². The Labute approximate surface area is 123 Å². The summed E-state index contributed by atoms with van der Waals surface area (Å²) in [4.78, 5) is 10.6. The number of aromatic carboxylic acids is 1. The van der Waals surface area contributed by atoms with Gasteiger partial charge in [0.25, 0.3) is 10.0 Å². The number of carbonyl (C=O) groups is 1. The fourth-order valence-electron chi connectivity index (χ4n) is 1.56. The zero-order valence-electron chi connectivity index (χ0n) is 10.1. The minimum Gasteiger partial charge on any atom is -0.477 e. The van der Waals surface area contributed by atoms with Gasteiger partial charge in [0, 0.05) is 0 Å². The number of nitriles is 1. The molecule has 0 saturated heterocycles. The molecule has 0 unspecified atom stereocenters. The highest BCUT2D eigenvalue weighted by atomic mass is 32.2. The highest BCUT2D eigenvalue weighted by molar-refractivity contribution is 7.93. The molecule has 2 aromatic heterocycles. The Hall–Kier alpha value is -1.89. The van der Waals surface area contributed by atoms with Gasteiger partial charge in [-0.1, -0.05) is 0 Å². The summed E-state index contributed by atoms with van der Waals surface area (Å²) < 4.78 is 26.9. The molecular weight excluding hydrogens is 320 g/mol. The highest BCUT2D eigenvalue weighted by Crippen LogP contribution is 2.31. The van der Waals surface area contributed by atoms with Gasteiger partial charge in [-0.3, -0.25) is 4.72 Å². The molecule has 9 heteroatoms. The lowest BCUT2D eigenvalue weighted by Gasteiger charge is -2.07. The van der Waals surface area contributed by atoms with Gasteiger partial charge in [-0.2, -0.15) is 5.26 Å². The van der Waals surface area contributed by atoms with E-state index in [0.717, 1.165) is 22.7 Å². The number of sulfonamides is 1. The van der Waals surface area contributed by atoms with Crippen molar-refractivity contribution in [2.24, 2.45) is 0 Å². The fraction of sp³-hybridized carbons (Fsp3) is 0.0909. The van der Waals surface area contributed by atoms with Crippen molar-refractivity contribution < 1.29 is 18.3 Å². The first kappa shape index (κ1) is 14.5. The standard InChI is InChI=1S/C11H8N2O4S3/c1-6-5-19-8(11(14)15)9(6)20(16,17)13-10-7(4-12)2-3-18-10/h2-3,5,13H,1H3,(H,14,15). The Bertz CT molecular complexity index is 811. The third-order valence-electron chi connectivity index (χ3n) is 2.39. The third-order valence-corrected chi connectivity index (χ3v) is 6.10. The molecule has 0 fully saturated rings. The van der Waals surface area contributed by atoms with E-state index in [-0.39, 0.29) is 20.3 Å². The van der Waals surface area contributed by atoms with Crippen LogP contribution >= 0.6 is 22.7 Å². The monoisotopic (exact) mass is 328 g/mol. The van der Waals surface area contributed by atoms with E-state index in [2.05, 4.69) is 4.72 Å². The van der Waals surface area contributed by atoms with Gasteiger partial charge in [0.2, 0.25) is 0 Å². The second-order valence-corrected chi connectivity index (χ2v) is 7.18. The molecule has 0 radical (unpaired) electrons. The molecule has 20 heavy (non-hydrogen) atoms. The van der Waals surface area contributed by atoms with Crippen LogP contribution in [0.3, 0.4) is 0 Å². The second-order valence-electron chi connectivity index (χ2n) is 3.76. The highest BCUT2D eigenvalue weighted by Gasteiger charge is 2.27. The van der Waals surface area contributed by atoms with Crippen LogP contribution in [0, 0.1) is 18.3 Å². The maximum Gasteiger partial charge on any atom is 0.347 e. The summed E-state index contributed by atoms with van der Waals surface area (Å²) in [5.41, 5.74) is 0.554. The molecule has 6 nitrogen and oxygen atoms in total. The number of thiophene rings is 2. The third kappa shape index (κ3) is 2.53. The van der Waals surface area contributed by atoms with Crippen molar-refractivity contribution in [3.05, 3.63) is 32.8 Å². The van der Waals surface area contributed by atoms with Gasteiger partial charge in [0.05, 0.1) is 5.56 Å². The van der Waals surface area contributed by atoms with Gasteiger partial charge in [-0.15, -0.1) is 22.7 Å². The van der Waals surface area contributed by atoms with Crippen molar-refractivity contribution >= 4 is 43.7 Å². The maximum absolute atomic E-state index is 12.3. The van der Waals surface area contributed by atoms with Crippen LogP contribution in [0.15, 0.2) is 21.7 Å². The molecule has 104 valence electrons. The topological polar surface area (TPSA) is 107 Å². The lowest BCUT2D eigenvalue weighted by atomic mass is 10.3. The first-order valence-electron chi connectivity index (χ1n) is 5.18. The molecule has 0 spiro atoms. The summed E-state index contributed by atoms with van der Waals surface area (Å²) in [6, 6.07) is 3.35. The summed E-state index contributed by atoms with van der Waals surface area (Å²) in [5, 5.41) is 21.1. The molecule has 0 aliphatic carbocycles. The van der Waals surface area contributed by atoms with Gasteiger partial charge >= 0.3 is 5.97 Å². The maximum atomic E-state index is 12.3. The van der Waals surface area contributed by atoms with Gasteiger partial charge < -0.3 is 5.11 Å². The summed E-state index contributed by atoms with van der Waals surface area (Å²) in [6.45, 7) is 1.52. The SMILES string of the molecule is Cc1csc(C(=O)O)c1S(=O)(=O)Nc1sccc1C#N. The molecule has 0 aliphatic heterocycles. The van der Waals surface area contributed by atoms with Crippen molar-refractivity contribution in [1.29, 1.82) is 5.26 Å². The largest absolute Gasteiger partial charge is 0.477 e. The van der Waals surface area contributed by atoms with Gasteiger partial charge in [0.1, 0.15) is 20.8 Å². The Kier molecular flexibility index (Phi) is 3.80. The van der Waals surface area contributed by atoms with Crippen LogP contribution in [0.25, 0.3) is 0 Å². The van der Waals surface area contributed by atoms with Crippen molar-refractivity contribution in [2.45, 2.75) is 11.8 Å². The molecule has 2 aromatic rings. The van der Waals surface area contributed by atoms with E-state index in [0.29, 0.717) is 5.56 Å². The van der Waals surface area contributed by atoms with Gasteiger partial charge in [-0.25, -0.2) is 13.2 Å². The lowest BCUT2D eigenvalue weighted by Crippen LogP contribution is -2.16. The average molecular weight is 328 g/mol. The molecule has 2 heterocycles. The number of nitrogens with one attached hydrogen (secondary N) is 1. The number of carboxylic acids is 1. The van der Waals surface area contributed by atoms with E-state index in [4.69, 9.17) is 10.4 Å². The minimum absolute atomic E-state index is 0.175. The molecular formula is C11H8N2O4S3. The van der Waals surface area contributed by atoms with E-state index >= 15 is 0 Å². The molecule has 0 aromatic carbocycles. The Morgan fingerprint density at radius 1 is 1.45 bits per heavy atom. The first-order valence-corrected chi connectivity index (χ1v) is 8.43. The quantitative estimate of drug-likeness (QED) is 0.896. The second kappa shape index (κ2) is 5.24. The van der Waals surface area contributed by atoms with Crippen molar-refractivity contribution in [3.63, 3.8) is 0 Å². The number of anilines is 1. The Balaban J connectivity index is 2.50. The average Bonchev–Trinajstić information content (AvgIpc) is 2.94. The van der Waals surface area contributed by atoms with Crippen LogP contribution in [0.5, 0.6) is 0 Å². The van der Waals surface area contributed by atoms with Gasteiger partial charge in [-0.05, 0) is 29.3 Å². The van der Waals surface area contributed by atoms with E-state index < -0.39 is 16.0 Å². The minimum atomic E-state index is -4.04. The summed E-state index contributed by atoms with van der Waals surface area (Å²) in [5.74, 6) is -1.30. The number of rotatable bonds is 4. The zero-order valence-corrected chi connectivity index (χ0v) is 12.5. The van der Waals surface area contributed by atoms with Crippen molar-refractivity contribution in [3.8, 4) is 6.07 Å². The van der Waals surface area contributed by atoms with Crippen molar-refractivity contribution in [2.75, 3.05) is 4.72 Å². The Morgan fingerprint density at radius 3 is 2.75 bits per heavy atom. The smallest absolute Gasteiger partial charge is 0.347 e. The van der Waals surface area contributed by atoms with Crippen LogP contribution in [-0.2, 0) is 10.0 Å². The van der Waals surface area contributed by atoms with Crippen LogP contribution in [-0.4, -0.2) is 19.5 Å². The lowest BCUT2D eigenvalue weighted by molar-refractivity contribution is 0.0698. The van der Waals surface area contributed by atoms with Crippen LogP contribution < -0.4 is 4.72 Å². The predicted octanol–water partition coefficient (Wildman–Crippen LogP) is 2.49. The number of hydrogen-bond acceptors (Lipinski definition) is 6. The van der Waals surface area contributed by atoms with Crippen LogP contribution in [0.4, 0.5) is 5.00 Å². The normalized spacial score (nSPS) is 11.0. The molecule has 0 amide bonds. The molecule has 2 rings (SSSR count). The Morgan fingerprint density at radius 2 is 2.15 bits per heavy atom. The molecule has 0 bridgehead atoms. The first-order chi connectivity index (χ1) is 9.36. The van der Waals surface area contributed by atoms with Gasteiger partial charge in [0.15, 0.2) is 0 Å². The summed E-state index contributed by atoms with van der Waals surface area (Å²) >= 11 is 1.91. The molecule has 0 atom stereocenters. The summed E-state index contributed by atoms with van der Waals surface area (Å²) in [6.07, 6.45) is 0.